The zero-order valence-corrected chi connectivity index (χ0v) is 8.51. The van der Waals surface area contributed by atoms with Crippen molar-refractivity contribution in [3.8, 4) is 0 Å². The fourth-order valence-electron chi connectivity index (χ4n) is 0.549. The lowest BCUT2D eigenvalue weighted by atomic mass is 10.2. The van der Waals surface area contributed by atoms with Crippen LogP contribution in [-0.4, -0.2) is 11.8 Å². The second-order valence-corrected chi connectivity index (χ2v) is 2.74. The van der Waals surface area contributed by atoms with Gasteiger partial charge in [-0.3, -0.25) is 9.59 Å². The third kappa shape index (κ3) is 24.8. The van der Waals surface area contributed by atoms with Gasteiger partial charge in [0.1, 0.15) is 0 Å². The molecule has 2 amide bonds. The number of amides is 2. The lowest BCUT2D eigenvalue weighted by Gasteiger charge is -1.90. The lowest BCUT2D eigenvalue weighted by Crippen LogP contribution is -2.09. The standard InChI is InChI=1S/C6H13NO.C3H7NO/c1-2-3-4-5-6(7)8;1-2-3(4)5/h2-5H2,1H3,(H2,7,8);2H2,1H3,(H2,4,5). The Morgan fingerprint density at radius 1 is 1.00 bits per heavy atom. The van der Waals surface area contributed by atoms with Gasteiger partial charge in [0.15, 0.2) is 0 Å². The molecule has 0 spiro atoms. The summed E-state index contributed by atoms with van der Waals surface area (Å²) in [6.45, 7) is 3.82. The van der Waals surface area contributed by atoms with E-state index < -0.39 is 0 Å². The highest BCUT2D eigenvalue weighted by Gasteiger charge is 1.90. The molecule has 0 heterocycles. The lowest BCUT2D eigenvalue weighted by molar-refractivity contribution is -0.118. The maximum absolute atomic E-state index is 10.1. The number of hydrogen-bond acceptors (Lipinski definition) is 2. The van der Waals surface area contributed by atoms with Crippen molar-refractivity contribution in [1.29, 1.82) is 0 Å². The molecule has 4 N–H and O–H groups in total. The first-order valence-electron chi connectivity index (χ1n) is 4.61. The third-order valence-electron chi connectivity index (χ3n) is 1.38. The predicted octanol–water partition coefficient (Wildman–Crippen LogP) is 0.934. The first-order valence-corrected chi connectivity index (χ1v) is 4.61. The molecule has 0 aromatic rings. The number of rotatable bonds is 5. The zero-order valence-electron chi connectivity index (χ0n) is 8.51. The molecule has 0 unspecified atom stereocenters. The molecule has 4 nitrogen and oxygen atoms in total. The highest BCUT2D eigenvalue weighted by atomic mass is 16.1. The minimum atomic E-state index is -0.245. The first kappa shape index (κ1) is 14.5. The number of primary amides is 2. The molecule has 0 aliphatic rings. The molecule has 0 atom stereocenters. The van der Waals surface area contributed by atoms with Crippen molar-refractivity contribution in [2.45, 2.75) is 46.0 Å². The van der Waals surface area contributed by atoms with Crippen molar-refractivity contribution in [2.24, 2.45) is 11.5 Å². The van der Waals surface area contributed by atoms with Gasteiger partial charge >= 0.3 is 0 Å². The summed E-state index contributed by atoms with van der Waals surface area (Å²) in [5.74, 6) is -0.427. The first-order chi connectivity index (χ1) is 6.04. The largest absolute Gasteiger partial charge is 0.370 e. The molecule has 78 valence electrons. The van der Waals surface area contributed by atoms with Crippen LogP contribution in [0, 0.1) is 0 Å². The summed E-state index contributed by atoms with van der Waals surface area (Å²) >= 11 is 0. The van der Waals surface area contributed by atoms with Crippen LogP contribution in [0.25, 0.3) is 0 Å². The molecule has 0 aromatic heterocycles. The molecule has 13 heavy (non-hydrogen) atoms. The Balaban J connectivity index is 0. The molecule has 0 bridgehead atoms. The van der Waals surface area contributed by atoms with E-state index in [9.17, 15) is 9.59 Å². The van der Waals surface area contributed by atoms with E-state index in [1.165, 1.54) is 0 Å². The Hall–Kier alpha value is -1.06. The van der Waals surface area contributed by atoms with Crippen molar-refractivity contribution in [1.82, 2.24) is 0 Å². The minimum Gasteiger partial charge on any atom is -0.370 e. The number of carbonyl (C=O) groups excluding carboxylic acids is 2. The van der Waals surface area contributed by atoms with Gasteiger partial charge in [0.25, 0.3) is 0 Å². The second kappa shape index (κ2) is 10.9. The minimum absolute atomic E-state index is 0.182. The van der Waals surface area contributed by atoms with Gasteiger partial charge in [-0.05, 0) is 6.42 Å². The molecule has 0 radical (unpaired) electrons. The van der Waals surface area contributed by atoms with Gasteiger partial charge in [-0.25, -0.2) is 0 Å². The molecule has 0 fully saturated rings. The summed E-state index contributed by atoms with van der Waals surface area (Å²) in [4.78, 5) is 19.7. The second-order valence-electron chi connectivity index (χ2n) is 2.74. The van der Waals surface area contributed by atoms with E-state index >= 15 is 0 Å². The van der Waals surface area contributed by atoms with E-state index in [-0.39, 0.29) is 11.8 Å². The summed E-state index contributed by atoms with van der Waals surface area (Å²) in [6.07, 6.45) is 4.20. The smallest absolute Gasteiger partial charge is 0.217 e. The van der Waals surface area contributed by atoms with Crippen LogP contribution in [0.5, 0.6) is 0 Å². The highest BCUT2D eigenvalue weighted by Crippen LogP contribution is 1.96. The summed E-state index contributed by atoms with van der Waals surface area (Å²) < 4.78 is 0. The highest BCUT2D eigenvalue weighted by molar-refractivity contribution is 5.73. The van der Waals surface area contributed by atoms with Gasteiger partial charge in [-0.15, -0.1) is 0 Å². The average molecular weight is 188 g/mol. The zero-order chi connectivity index (χ0) is 10.7. The maximum Gasteiger partial charge on any atom is 0.217 e. The Bertz CT molecular complexity index is 147. The Morgan fingerprint density at radius 2 is 1.46 bits per heavy atom. The van der Waals surface area contributed by atoms with Crippen LogP contribution in [0.15, 0.2) is 0 Å². The number of nitrogens with two attached hydrogens (primary N) is 2. The van der Waals surface area contributed by atoms with Crippen LogP contribution in [0.3, 0.4) is 0 Å². The molecule has 0 aliphatic heterocycles. The topological polar surface area (TPSA) is 86.2 Å². The molecular weight excluding hydrogens is 168 g/mol. The maximum atomic E-state index is 10.1. The molecular formula is C9H20N2O2. The molecule has 0 rings (SSSR count). The van der Waals surface area contributed by atoms with E-state index in [2.05, 4.69) is 12.7 Å². The van der Waals surface area contributed by atoms with Crippen LogP contribution in [0.4, 0.5) is 0 Å². The Morgan fingerprint density at radius 3 is 1.69 bits per heavy atom. The Labute approximate surface area is 79.7 Å². The summed E-state index contributed by atoms with van der Waals surface area (Å²) in [5, 5.41) is 0. The van der Waals surface area contributed by atoms with Gasteiger partial charge in [0, 0.05) is 12.8 Å². The normalized spacial score (nSPS) is 8.46. The summed E-state index contributed by atoms with van der Waals surface area (Å²) in [5.41, 5.74) is 9.55. The molecule has 4 heteroatoms. The van der Waals surface area contributed by atoms with Gasteiger partial charge in [-0.2, -0.15) is 0 Å². The third-order valence-corrected chi connectivity index (χ3v) is 1.38. The molecule has 0 aromatic carbocycles. The van der Waals surface area contributed by atoms with E-state index in [1.807, 2.05) is 0 Å². The quantitative estimate of drug-likeness (QED) is 0.629. The van der Waals surface area contributed by atoms with Crippen molar-refractivity contribution < 1.29 is 9.59 Å². The van der Waals surface area contributed by atoms with E-state index in [0.717, 1.165) is 19.3 Å². The van der Waals surface area contributed by atoms with Crippen LogP contribution < -0.4 is 11.5 Å². The molecule has 0 saturated carbocycles. The van der Waals surface area contributed by atoms with Gasteiger partial charge < -0.3 is 11.5 Å². The van der Waals surface area contributed by atoms with Crippen LogP contribution in [0.2, 0.25) is 0 Å². The number of carbonyl (C=O) groups is 2. The van der Waals surface area contributed by atoms with Crippen molar-refractivity contribution in [2.75, 3.05) is 0 Å². The van der Waals surface area contributed by atoms with Crippen molar-refractivity contribution in [3.05, 3.63) is 0 Å². The van der Waals surface area contributed by atoms with E-state index in [0.29, 0.717) is 12.8 Å². The number of unbranched alkanes of at least 4 members (excludes halogenated alkanes) is 2. The fourth-order valence-corrected chi connectivity index (χ4v) is 0.549. The molecule has 0 saturated heterocycles. The molecule has 0 aliphatic carbocycles. The summed E-state index contributed by atoms with van der Waals surface area (Å²) in [7, 11) is 0. The van der Waals surface area contributed by atoms with Crippen LogP contribution in [0.1, 0.15) is 46.0 Å². The number of hydrogen-bond donors (Lipinski definition) is 2. The van der Waals surface area contributed by atoms with Crippen LogP contribution in [-0.2, 0) is 9.59 Å². The van der Waals surface area contributed by atoms with Gasteiger partial charge in [0.2, 0.25) is 11.8 Å². The Kier molecular flexibility index (Phi) is 12.2. The van der Waals surface area contributed by atoms with Crippen molar-refractivity contribution in [3.63, 3.8) is 0 Å². The van der Waals surface area contributed by atoms with Crippen LogP contribution >= 0.6 is 0 Å². The fraction of sp³-hybridized carbons (Fsp3) is 0.778. The monoisotopic (exact) mass is 188 g/mol. The van der Waals surface area contributed by atoms with E-state index in [4.69, 9.17) is 5.73 Å². The SMILES string of the molecule is CCC(N)=O.CCCCCC(N)=O. The summed E-state index contributed by atoms with van der Waals surface area (Å²) in [6, 6.07) is 0. The van der Waals surface area contributed by atoms with E-state index in [1.54, 1.807) is 6.92 Å². The van der Waals surface area contributed by atoms with Gasteiger partial charge in [-0.1, -0.05) is 26.7 Å². The average Bonchev–Trinajstić information content (AvgIpc) is 2.05. The van der Waals surface area contributed by atoms with Gasteiger partial charge in [0.05, 0.1) is 0 Å². The predicted molar refractivity (Wildman–Crippen MR) is 52.8 cm³/mol. The van der Waals surface area contributed by atoms with Crippen molar-refractivity contribution >= 4 is 11.8 Å².